The Morgan fingerprint density at radius 2 is 0.773 bits per heavy atom. The minimum Gasteiger partial charge on any atom is -0.466 e. The van der Waals surface area contributed by atoms with Gasteiger partial charge in [-0.3, -0.25) is 9.59 Å². The van der Waals surface area contributed by atoms with E-state index in [0.717, 1.165) is 51.4 Å². The molecule has 0 radical (unpaired) electrons. The molecule has 0 bridgehead atoms. The van der Waals surface area contributed by atoms with E-state index in [1.54, 1.807) is 6.08 Å². The molecule has 66 heavy (non-hydrogen) atoms. The van der Waals surface area contributed by atoms with E-state index in [9.17, 15) is 19.8 Å². The van der Waals surface area contributed by atoms with Crippen LogP contribution in [0.15, 0.2) is 36.5 Å². The molecule has 388 valence electrons. The number of rotatable bonds is 54. The molecule has 0 saturated carbocycles. The lowest BCUT2D eigenvalue weighted by Crippen LogP contribution is -2.45. The summed E-state index contributed by atoms with van der Waals surface area (Å²) in [6.45, 7) is 4.86. The predicted octanol–water partition coefficient (Wildman–Crippen LogP) is 18.0. The maximum atomic E-state index is 12.5. The van der Waals surface area contributed by atoms with Crippen LogP contribution in [0.5, 0.6) is 0 Å². The molecule has 0 spiro atoms. The van der Waals surface area contributed by atoms with Crippen LogP contribution in [0.25, 0.3) is 0 Å². The Labute approximate surface area is 411 Å². The maximum absolute atomic E-state index is 12.5. The number of unbranched alkanes of at least 4 members (excludes halogenated alkanes) is 39. The molecule has 0 fully saturated rings. The molecule has 3 N–H and O–H groups in total. The Bertz CT molecular complexity index is 1070. The Morgan fingerprint density at radius 3 is 1.20 bits per heavy atom. The fraction of sp³-hybridized carbons (Fsp3) is 0.867. The van der Waals surface area contributed by atoms with Gasteiger partial charge in [0.1, 0.15) is 0 Å². The van der Waals surface area contributed by atoms with E-state index in [-0.39, 0.29) is 18.5 Å². The normalized spacial score (nSPS) is 12.8. The van der Waals surface area contributed by atoms with Gasteiger partial charge in [0, 0.05) is 12.8 Å². The van der Waals surface area contributed by atoms with E-state index in [0.29, 0.717) is 19.4 Å². The smallest absolute Gasteiger partial charge is 0.305 e. The molecule has 0 heterocycles. The number of carbonyl (C=O) groups excluding carboxylic acids is 2. The molecule has 0 aromatic rings. The van der Waals surface area contributed by atoms with Crippen LogP contribution < -0.4 is 5.32 Å². The molecule has 6 heteroatoms. The van der Waals surface area contributed by atoms with Crippen molar-refractivity contribution in [2.45, 2.75) is 321 Å². The summed E-state index contributed by atoms with van der Waals surface area (Å²) in [7, 11) is 0. The molecular formula is C60H113NO5. The molecule has 1 amide bonds. The van der Waals surface area contributed by atoms with Crippen molar-refractivity contribution in [2.24, 2.45) is 0 Å². The Morgan fingerprint density at radius 1 is 0.424 bits per heavy atom. The highest BCUT2D eigenvalue weighted by molar-refractivity contribution is 5.76. The van der Waals surface area contributed by atoms with Crippen molar-refractivity contribution < 1.29 is 24.5 Å². The van der Waals surface area contributed by atoms with Gasteiger partial charge in [-0.2, -0.15) is 0 Å². The van der Waals surface area contributed by atoms with Gasteiger partial charge >= 0.3 is 5.97 Å². The van der Waals surface area contributed by atoms with Crippen LogP contribution >= 0.6 is 0 Å². The zero-order chi connectivity index (χ0) is 47.9. The van der Waals surface area contributed by atoms with Crippen molar-refractivity contribution in [3.63, 3.8) is 0 Å². The van der Waals surface area contributed by atoms with Crippen molar-refractivity contribution in [3.05, 3.63) is 36.5 Å². The summed E-state index contributed by atoms with van der Waals surface area (Å²) in [6, 6.07) is -0.632. The van der Waals surface area contributed by atoms with E-state index in [1.807, 2.05) is 6.08 Å². The largest absolute Gasteiger partial charge is 0.466 e. The zero-order valence-electron chi connectivity index (χ0n) is 44.2. The van der Waals surface area contributed by atoms with Crippen molar-refractivity contribution in [1.29, 1.82) is 0 Å². The molecule has 0 aliphatic rings. The molecule has 0 rings (SSSR count). The molecule has 0 aliphatic heterocycles. The van der Waals surface area contributed by atoms with E-state index in [2.05, 4.69) is 43.5 Å². The van der Waals surface area contributed by atoms with Crippen LogP contribution in [0.3, 0.4) is 0 Å². The van der Waals surface area contributed by atoms with Gasteiger partial charge in [-0.25, -0.2) is 0 Å². The number of nitrogens with one attached hydrogen (secondary N) is 1. The lowest BCUT2D eigenvalue weighted by molar-refractivity contribution is -0.143. The lowest BCUT2D eigenvalue weighted by atomic mass is 10.0. The van der Waals surface area contributed by atoms with Crippen LogP contribution in [0.4, 0.5) is 0 Å². The fourth-order valence-corrected chi connectivity index (χ4v) is 8.89. The van der Waals surface area contributed by atoms with Gasteiger partial charge in [0.2, 0.25) is 5.91 Å². The number of hydrogen-bond donors (Lipinski definition) is 3. The minimum absolute atomic E-state index is 0.00822. The molecule has 6 nitrogen and oxygen atoms in total. The first-order chi connectivity index (χ1) is 32.5. The second-order valence-corrected chi connectivity index (χ2v) is 20.0. The highest BCUT2D eigenvalue weighted by Gasteiger charge is 2.18. The van der Waals surface area contributed by atoms with Gasteiger partial charge in [0.05, 0.1) is 25.4 Å². The van der Waals surface area contributed by atoms with Crippen molar-refractivity contribution in [3.8, 4) is 0 Å². The number of amides is 1. The third kappa shape index (κ3) is 51.5. The van der Waals surface area contributed by atoms with Crippen LogP contribution in [0, 0.1) is 0 Å². The molecule has 0 aromatic carbocycles. The Kier molecular flexibility index (Phi) is 54.1. The van der Waals surface area contributed by atoms with Crippen molar-refractivity contribution >= 4 is 11.9 Å². The predicted molar refractivity (Wildman–Crippen MR) is 287 cm³/mol. The van der Waals surface area contributed by atoms with Gasteiger partial charge in [0.15, 0.2) is 0 Å². The topological polar surface area (TPSA) is 95.9 Å². The van der Waals surface area contributed by atoms with E-state index < -0.39 is 12.1 Å². The average molecular weight is 929 g/mol. The third-order valence-electron chi connectivity index (χ3n) is 13.4. The van der Waals surface area contributed by atoms with Gasteiger partial charge in [-0.15, -0.1) is 0 Å². The highest BCUT2D eigenvalue weighted by Crippen LogP contribution is 2.17. The van der Waals surface area contributed by atoms with Gasteiger partial charge in [0.25, 0.3) is 0 Å². The van der Waals surface area contributed by atoms with Gasteiger partial charge in [-0.1, -0.05) is 275 Å². The van der Waals surface area contributed by atoms with Gasteiger partial charge in [-0.05, 0) is 57.8 Å². The Balaban J connectivity index is 3.45. The standard InChI is InChI=1S/C60H113NO5/c1-3-5-7-9-11-13-15-17-19-22-25-28-32-36-40-44-48-52-58(63)57(56-62)61-59(64)53-49-45-41-37-33-29-26-23-20-21-24-27-31-35-39-43-47-51-55-66-60(65)54-50-46-42-38-34-30-18-16-14-12-10-8-6-4-2/h10,12,16,18,48,52,57-58,62-63H,3-9,11,13-15,17,19-47,49-51,53-56H2,1-2H3,(H,61,64)/b12-10-,18-16-,52-48+. The first kappa shape index (κ1) is 64.1. The van der Waals surface area contributed by atoms with E-state index in [4.69, 9.17) is 4.74 Å². The highest BCUT2D eigenvalue weighted by atomic mass is 16.5. The molecule has 0 aromatic heterocycles. The summed E-state index contributed by atoms with van der Waals surface area (Å²) in [4.78, 5) is 24.5. The first-order valence-electron chi connectivity index (χ1n) is 29.3. The molecule has 2 atom stereocenters. The monoisotopic (exact) mass is 928 g/mol. The van der Waals surface area contributed by atoms with Crippen molar-refractivity contribution in [2.75, 3.05) is 13.2 Å². The average Bonchev–Trinajstić information content (AvgIpc) is 3.32. The first-order valence-corrected chi connectivity index (χ1v) is 29.3. The molecule has 0 aliphatic carbocycles. The second-order valence-electron chi connectivity index (χ2n) is 20.0. The molecule has 0 saturated heterocycles. The number of ether oxygens (including phenoxy) is 1. The van der Waals surface area contributed by atoms with Crippen LogP contribution in [-0.4, -0.2) is 47.4 Å². The third-order valence-corrected chi connectivity index (χ3v) is 13.4. The summed E-state index contributed by atoms with van der Waals surface area (Å²) in [5.74, 6) is -0.0792. The quantitative estimate of drug-likeness (QED) is 0.0321. The van der Waals surface area contributed by atoms with E-state index >= 15 is 0 Å². The fourth-order valence-electron chi connectivity index (χ4n) is 8.89. The summed E-state index contributed by atoms with van der Waals surface area (Å²) >= 11 is 0. The summed E-state index contributed by atoms with van der Waals surface area (Å²) in [6.07, 6.45) is 68.7. The van der Waals surface area contributed by atoms with Crippen LogP contribution in [-0.2, 0) is 14.3 Å². The minimum atomic E-state index is -0.848. The Hall–Kier alpha value is -1.92. The summed E-state index contributed by atoms with van der Waals surface area (Å²) in [5.41, 5.74) is 0. The number of allylic oxidation sites excluding steroid dienone is 5. The maximum Gasteiger partial charge on any atom is 0.305 e. The lowest BCUT2D eigenvalue weighted by Gasteiger charge is -2.20. The molecule has 2 unspecified atom stereocenters. The van der Waals surface area contributed by atoms with E-state index in [1.165, 1.54) is 231 Å². The number of aliphatic hydroxyl groups excluding tert-OH is 2. The summed E-state index contributed by atoms with van der Waals surface area (Å²) < 4.78 is 5.47. The van der Waals surface area contributed by atoms with Gasteiger partial charge < -0.3 is 20.3 Å². The number of esters is 1. The second kappa shape index (κ2) is 55.7. The van der Waals surface area contributed by atoms with Crippen LogP contribution in [0.2, 0.25) is 0 Å². The van der Waals surface area contributed by atoms with Crippen molar-refractivity contribution in [1.82, 2.24) is 5.32 Å². The van der Waals surface area contributed by atoms with Crippen LogP contribution in [0.1, 0.15) is 309 Å². The number of hydrogen-bond acceptors (Lipinski definition) is 5. The zero-order valence-corrected chi connectivity index (χ0v) is 44.2. The number of carbonyl (C=O) groups is 2. The number of aliphatic hydroxyl groups is 2. The summed E-state index contributed by atoms with van der Waals surface area (Å²) in [5, 5.41) is 23.1. The SMILES string of the molecule is CCCC/C=C\C/C=C\CCCCCCCC(=O)OCCCCCCCCCCCCCCCCCCCCC(=O)NC(CO)C(O)/C=C/CCCCCCCCCCCCCCCCC. The molecular weight excluding hydrogens is 815 g/mol.